The summed E-state index contributed by atoms with van der Waals surface area (Å²) in [6.07, 6.45) is 1.46. The van der Waals surface area contributed by atoms with E-state index in [-0.39, 0.29) is 36.7 Å². The average molecular weight is 567 g/mol. The number of hydrogen-bond acceptors (Lipinski definition) is 8. The fourth-order valence-corrected chi connectivity index (χ4v) is 3.80. The molecule has 2 aromatic rings. The number of carbonyl (C=O) groups is 4. The van der Waals surface area contributed by atoms with E-state index in [9.17, 15) is 29.5 Å². The van der Waals surface area contributed by atoms with E-state index in [1.54, 1.807) is 13.0 Å². The standard InChI is InChI=1S/C29H38N6O6/c1-18(2)14-22(16-30)26(37)31-13-9-8-12-23(27(38)32-17-21-10-6-5-7-11-21)33-29(40)25(20(4)36)34-28(39)24-15-19(3)41-35-24/h5-7,10-11,14-15,18,20,23,25,36H,8-9,12-13,17H2,1-4H3,(H,31,37)(H,32,38)(H,33,40)(H,34,39)/t20-,23+,25+/m1/s1. The van der Waals surface area contributed by atoms with Gasteiger partial charge in [0.25, 0.3) is 11.8 Å². The summed E-state index contributed by atoms with van der Waals surface area (Å²) < 4.78 is 4.89. The van der Waals surface area contributed by atoms with Gasteiger partial charge in [0.15, 0.2) is 5.69 Å². The predicted molar refractivity (Wildman–Crippen MR) is 150 cm³/mol. The van der Waals surface area contributed by atoms with Gasteiger partial charge < -0.3 is 30.9 Å². The number of aliphatic hydroxyl groups is 1. The van der Waals surface area contributed by atoms with Crippen LogP contribution in [0.25, 0.3) is 0 Å². The Hall–Kier alpha value is -4.50. The Morgan fingerprint density at radius 1 is 1.05 bits per heavy atom. The molecule has 1 heterocycles. The maximum atomic E-state index is 13.1. The first-order valence-electron chi connectivity index (χ1n) is 13.5. The van der Waals surface area contributed by atoms with Crippen molar-refractivity contribution >= 4 is 23.6 Å². The van der Waals surface area contributed by atoms with Crippen LogP contribution in [0.3, 0.4) is 0 Å². The number of benzene rings is 1. The third kappa shape index (κ3) is 11.3. The maximum absolute atomic E-state index is 13.1. The number of unbranched alkanes of at least 4 members (excludes halogenated alkanes) is 1. The van der Waals surface area contributed by atoms with E-state index in [1.807, 2.05) is 50.2 Å². The fourth-order valence-electron chi connectivity index (χ4n) is 3.80. The normalized spacial score (nSPS) is 13.4. The summed E-state index contributed by atoms with van der Waals surface area (Å²) in [4.78, 5) is 50.9. The summed E-state index contributed by atoms with van der Waals surface area (Å²) in [7, 11) is 0. The first-order chi connectivity index (χ1) is 19.5. The first kappa shape index (κ1) is 32.7. The molecule has 5 N–H and O–H groups in total. The monoisotopic (exact) mass is 566 g/mol. The van der Waals surface area contributed by atoms with Gasteiger partial charge in [-0.2, -0.15) is 5.26 Å². The number of nitrogens with one attached hydrogen (secondary N) is 4. The molecule has 12 nitrogen and oxygen atoms in total. The molecular weight excluding hydrogens is 528 g/mol. The number of hydrogen-bond donors (Lipinski definition) is 5. The van der Waals surface area contributed by atoms with Crippen LogP contribution in [0, 0.1) is 24.2 Å². The van der Waals surface area contributed by atoms with E-state index in [0.717, 1.165) is 5.56 Å². The number of amides is 4. The van der Waals surface area contributed by atoms with Gasteiger partial charge in [0, 0.05) is 19.2 Å². The lowest BCUT2D eigenvalue weighted by atomic mass is 10.1. The van der Waals surface area contributed by atoms with Gasteiger partial charge in [-0.15, -0.1) is 0 Å². The Morgan fingerprint density at radius 2 is 1.76 bits per heavy atom. The highest BCUT2D eigenvalue weighted by Crippen LogP contribution is 2.07. The van der Waals surface area contributed by atoms with Crippen LogP contribution in [0.4, 0.5) is 0 Å². The molecule has 0 saturated carbocycles. The number of nitrogens with zero attached hydrogens (tertiary/aromatic N) is 2. The Bertz CT molecular complexity index is 1250. The van der Waals surface area contributed by atoms with E-state index in [1.165, 1.54) is 13.0 Å². The molecule has 12 heteroatoms. The zero-order chi connectivity index (χ0) is 30.4. The molecule has 0 aliphatic heterocycles. The van der Waals surface area contributed by atoms with Gasteiger partial charge in [0.05, 0.1) is 6.10 Å². The van der Waals surface area contributed by atoms with Crippen molar-refractivity contribution in [3.8, 4) is 6.07 Å². The van der Waals surface area contributed by atoms with E-state index in [4.69, 9.17) is 4.52 Å². The summed E-state index contributed by atoms with van der Waals surface area (Å²) in [5.74, 6) is -1.93. The maximum Gasteiger partial charge on any atom is 0.274 e. The predicted octanol–water partition coefficient (Wildman–Crippen LogP) is 1.66. The van der Waals surface area contributed by atoms with Crippen LogP contribution in [0.2, 0.25) is 0 Å². The summed E-state index contributed by atoms with van der Waals surface area (Å²) in [5, 5.41) is 33.6. The molecule has 0 spiro atoms. The van der Waals surface area contributed by atoms with Crippen molar-refractivity contribution in [1.29, 1.82) is 5.26 Å². The second-order valence-electron chi connectivity index (χ2n) is 9.97. The second-order valence-corrected chi connectivity index (χ2v) is 9.97. The number of rotatable bonds is 15. The van der Waals surface area contributed by atoms with Crippen LogP contribution >= 0.6 is 0 Å². The van der Waals surface area contributed by atoms with Gasteiger partial charge in [0.1, 0.15) is 29.5 Å². The quantitative estimate of drug-likeness (QED) is 0.122. The molecular formula is C29H38N6O6. The Labute approximate surface area is 239 Å². The van der Waals surface area contributed by atoms with Crippen molar-refractivity contribution in [2.24, 2.45) is 5.92 Å². The highest BCUT2D eigenvalue weighted by Gasteiger charge is 2.30. The van der Waals surface area contributed by atoms with E-state index >= 15 is 0 Å². The molecule has 0 saturated heterocycles. The largest absolute Gasteiger partial charge is 0.391 e. The van der Waals surface area contributed by atoms with Gasteiger partial charge in [-0.05, 0) is 44.6 Å². The molecule has 4 amide bonds. The molecule has 2 rings (SSSR count). The zero-order valence-corrected chi connectivity index (χ0v) is 23.8. The summed E-state index contributed by atoms with van der Waals surface area (Å²) in [6, 6.07) is 10.2. The molecule has 0 aliphatic carbocycles. The number of aryl methyl sites for hydroxylation is 1. The lowest BCUT2D eigenvalue weighted by Crippen LogP contribution is -2.57. The van der Waals surface area contributed by atoms with Crippen molar-refractivity contribution in [2.75, 3.05) is 6.54 Å². The van der Waals surface area contributed by atoms with Gasteiger partial charge in [-0.3, -0.25) is 19.2 Å². The third-order valence-corrected chi connectivity index (χ3v) is 5.92. The second kappa shape index (κ2) is 16.6. The van der Waals surface area contributed by atoms with E-state index in [0.29, 0.717) is 18.6 Å². The van der Waals surface area contributed by atoms with Gasteiger partial charge in [-0.25, -0.2) is 0 Å². The van der Waals surface area contributed by atoms with E-state index in [2.05, 4.69) is 26.4 Å². The van der Waals surface area contributed by atoms with Gasteiger partial charge in [0.2, 0.25) is 11.8 Å². The summed E-state index contributed by atoms with van der Waals surface area (Å²) in [5.41, 5.74) is 0.855. The molecule has 0 radical (unpaired) electrons. The highest BCUT2D eigenvalue weighted by molar-refractivity contribution is 5.98. The third-order valence-electron chi connectivity index (χ3n) is 5.92. The van der Waals surface area contributed by atoms with Crippen molar-refractivity contribution in [3.63, 3.8) is 0 Å². The van der Waals surface area contributed by atoms with Crippen LogP contribution in [-0.4, -0.2) is 58.6 Å². The number of nitriles is 1. The highest BCUT2D eigenvalue weighted by atomic mass is 16.5. The lowest BCUT2D eigenvalue weighted by molar-refractivity contribution is -0.131. The van der Waals surface area contributed by atoms with Gasteiger partial charge >= 0.3 is 0 Å². The summed E-state index contributed by atoms with van der Waals surface area (Å²) in [6.45, 7) is 7.19. The topological polar surface area (TPSA) is 186 Å². The minimum atomic E-state index is -1.36. The molecule has 220 valence electrons. The molecule has 0 bridgehead atoms. The van der Waals surface area contributed by atoms with Crippen LogP contribution in [0.1, 0.15) is 61.8 Å². The Morgan fingerprint density at radius 3 is 2.34 bits per heavy atom. The molecule has 1 aromatic heterocycles. The molecule has 0 fully saturated rings. The number of allylic oxidation sites excluding steroid dienone is 1. The molecule has 0 unspecified atom stereocenters. The van der Waals surface area contributed by atoms with Crippen molar-refractivity contribution < 1.29 is 28.8 Å². The average Bonchev–Trinajstić information content (AvgIpc) is 3.38. The molecule has 0 aliphatic rings. The number of aromatic nitrogens is 1. The Kier molecular flexibility index (Phi) is 13.2. The van der Waals surface area contributed by atoms with Crippen LogP contribution < -0.4 is 21.3 Å². The minimum absolute atomic E-state index is 0.0393. The number of aliphatic hydroxyl groups excluding tert-OH is 1. The van der Waals surface area contributed by atoms with E-state index < -0.39 is 41.8 Å². The minimum Gasteiger partial charge on any atom is -0.391 e. The Balaban J connectivity index is 2.03. The first-order valence-corrected chi connectivity index (χ1v) is 13.5. The summed E-state index contributed by atoms with van der Waals surface area (Å²) >= 11 is 0. The fraction of sp³-hybridized carbons (Fsp3) is 0.448. The number of carbonyl (C=O) groups excluding carboxylic acids is 4. The van der Waals surface area contributed by atoms with Crippen molar-refractivity contribution in [1.82, 2.24) is 26.4 Å². The van der Waals surface area contributed by atoms with Crippen molar-refractivity contribution in [2.45, 2.75) is 71.7 Å². The smallest absolute Gasteiger partial charge is 0.274 e. The van der Waals surface area contributed by atoms with Crippen molar-refractivity contribution in [3.05, 3.63) is 65.1 Å². The van der Waals surface area contributed by atoms with Crippen LogP contribution in [0.15, 0.2) is 52.6 Å². The van der Waals surface area contributed by atoms with Crippen LogP contribution in [-0.2, 0) is 20.9 Å². The SMILES string of the molecule is Cc1cc(C(=O)N[C@H](C(=O)N[C@@H](CCCCNC(=O)C(C#N)=CC(C)C)C(=O)NCc2ccccc2)[C@@H](C)O)no1. The zero-order valence-electron chi connectivity index (χ0n) is 23.8. The van der Waals surface area contributed by atoms with Crippen LogP contribution in [0.5, 0.6) is 0 Å². The lowest BCUT2D eigenvalue weighted by Gasteiger charge is -2.24. The molecule has 41 heavy (non-hydrogen) atoms. The van der Waals surface area contributed by atoms with Gasteiger partial charge in [-0.1, -0.05) is 55.4 Å². The molecule has 3 atom stereocenters. The molecule has 1 aromatic carbocycles.